The molecule has 1 heterocycles. The second-order valence-corrected chi connectivity index (χ2v) is 8.81. The lowest BCUT2D eigenvalue weighted by Crippen LogP contribution is -2.13. The maximum atomic E-state index is 12.5. The number of carbonyl (C=O) groups excluding carboxylic acids is 2. The Morgan fingerprint density at radius 3 is 2.31 bits per heavy atom. The molecule has 5 aromatic rings. The van der Waals surface area contributed by atoms with Crippen molar-refractivity contribution in [3.05, 3.63) is 101 Å². The van der Waals surface area contributed by atoms with E-state index in [0.717, 1.165) is 27.7 Å². The lowest BCUT2D eigenvalue weighted by molar-refractivity contribution is -0.142. The summed E-state index contributed by atoms with van der Waals surface area (Å²) in [6.45, 7) is 0.281. The van der Waals surface area contributed by atoms with Crippen LogP contribution in [0.25, 0.3) is 32.9 Å². The van der Waals surface area contributed by atoms with Gasteiger partial charge in [0.1, 0.15) is 5.75 Å². The van der Waals surface area contributed by atoms with E-state index in [1.807, 2.05) is 72.8 Å². The molecule has 5 rings (SSSR count). The molecule has 180 valence electrons. The molecule has 1 amide bonds. The van der Waals surface area contributed by atoms with E-state index in [-0.39, 0.29) is 6.61 Å². The van der Waals surface area contributed by atoms with E-state index in [4.69, 9.17) is 26.8 Å². The molecule has 0 bridgehead atoms. The van der Waals surface area contributed by atoms with Gasteiger partial charge in [0, 0.05) is 22.5 Å². The van der Waals surface area contributed by atoms with Gasteiger partial charge in [0.25, 0.3) is 0 Å². The molecule has 0 saturated heterocycles. The number of amides is 1. The highest BCUT2D eigenvalue weighted by molar-refractivity contribution is 6.30. The number of halogens is 1. The third-order valence-corrected chi connectivity index (χ3v) is 6.41. The largest absolute Gasteiger partial charge is 0.481 e. The minimum absolute atomic E-state index is 0.278. The quantitative estimate of drug-likeness (QED) is 0.287. The van der Waals surface area contributed by atoms with Gasteiger partial charge < -0.3 is 19.8 Å². The molecule has 7 heteroatoms. The minimum atomic E-state index is -0.542. The predicted octanol–water partition coefficient (Wildman–Crippen LogP) is 5.81. The molecule has 0 aliphatic heterocycles. The first-order valence-electron chi connectivity index (χ1n) is 11.3. The summed E-state index contributed by atoms with van der Waals surface area (Å²) in [5.41, 5.74) is 10.7. The summed E-state index contributed by atoms with van der Waals surface area (Å²) >= 11 is 6.12. The molecular weight excluding hydrogens is 476 g/mol. The number of nitrogens with zero attached hydrogens (tertiary/aromatic N) is 1. The van der Waals surface area contributed by atoms with Crippen LogP contribution in [0.15, 0.2) is 84.9 Å². The molecule has 2 N–H and O–H groups in total. The maximum Gasteiger partial charge on any atom is 0.343 e. The Bertz CT molecular complexity index is 1590. The van der Waals surface area contributed by atoms with Gasteiger partial charge in [-0.15, -0.1) is 0 Å². The van der Waals surface area contributed by atoms with Crippen molar-refractivity contribution in [1.29, 1.82) is 0 Å². The molecule has 0 aliphatic carbocycles. The first-order valence-corrected chi connectivity index (χ1v) is 11.7. The highest BCUT2D eigenvalue weighted by Gasteiger charge is 2.22. The zero-order valence-electron chi connectivity index (χ0n) is 19.5. The summed E-state index contributed by atoms with van der Waals surface area (Å²) in [6, 6.07) is 26.9. The number of rotatable bonds is 7. The Balaban J connectivity index is 1.85. The highest BCUT2D eigenvalue weighted by Crippen LogP contribution is 2.41. The third-order valence-electron chi connectivity index (χ3n) is 6.16. The van der Waals surface area contributed by atoms with E-state index >= 15 is 0 Å². The van der Waals surface area contributed by atoms with Crippen LogP contribution < -0.4 is 10.5 Å². The van der Waals surface area contributed by atoms with Gasteiger partial charge in [0.2, 0.25) is 5.91 Å². The van der Waals surface area contributed by atoms with Gasteiger partial charge in [-0.05, 0) is 53.1 Å². The summed E-state index contributed by atoms with van der Waals surface area (Å²) in [7, 11) is 1.31. The number of nitrogens with two attached hydrogens (primary N) is 1. The second-order valence-electron chi connectivity index (χ2n) is 8.38. The van der Waals surface area contributed by atoms with Gasteiger partial charge in [0.15, 0.2) is 6.61 Å². The van der Waals surface area contributed by atoms with E-state index in [1.54, 1.807) is 6.07 Å². The Morgan fingerprint density at radius 1 is 0.861 bits per heavy atom. The molecular formula is C29H23ClN2O4. The molecule has 4 aromatic carbocycles. The molecule has 0 fully saturated rings. The number of primary amides is 1. The molecule has 0 radical (unpaired) electrons. The summed E-state index contributed by atoms with van der Waals surface area (Å²) in [4.78, 5) is 24.4. The molecule has 0 unspecified atom stereocenters. The summed E-state index contributed by atoms with van der Waals surface area (Å²) in [6.07, 6.45) is 0. The number of fused-ring (bicyclic) bond motifs is 3. The van der Waals surface area contributed by atoms with Crippen LogP contribution in [0.3, 0.4) is 0 Å². The van der Waals surface area contributed by atoms with Crippen molar-refractivity contribution in [1.82, 2.24) is 4.57 Å². The SMILES string of the molecule is COC(=O)COc1cc(-c2ccc(Cl)cc2)cc2c1c1c(C(N)=O)cccc1n2Cc1ccccc1. The van der Waals surface area contributed by atoms with E-state index in [9.17, 15) is 9.59 Å². The molecule has 1 aromatic heterocycles. The molecule has 36 heavy (non-hydrogen) atoms. The van der Waals surface area contributed by atoms with Crippen LogP contribution in [0, 0.1) is 0 Å². The van der Waals surface area contributed by atoms with Gasteiger partial charge >= 0.3 is 5.97 Å². The standard InChI is InChI=1S/C29H23ClN2O4/c1-35-26(33)17-36-25-15-20(19-10-12-21(30)13-11-19)14-24-28(25)27-22(29(31)34)8-5-9-23(27)32(24)16-18-6-3-2-4-7-18/h2-15H,16-17H2,1H3,(H2,31,34). The maximum absolute atomic E-state index is 12.5. The van der Waals surface area contributed by atoms with E-state index < -0.39 is 11.9 Å². The average Bonchev–Trinajstić information content (AvgIpc) is 3.21. The number of aromatic nitrogens is 1. The zero-order valence-corrected chi connectivity index (χ0v) is 20.3. The van der Waals surface area contributed by atoms with Gasteiger partial charge in [-0.3, -0.25) is 4.79 Å². The number of ether oxygens (including phenoxy) is 2. The van der Waals surface area contributed by atoms with Crippen LogP contribution in [-0.2, 0) is 16.1 Å². The number of esters is 1. The van der Waals surface area contributed by atoms with E-state index in [1.165, 1.54) is 7.11 Å². The fourth-order valence-electron chi connectivity index (χ4n) is 4.48. The van der Waals surface area contributed by atoms with Gasteiger partial charge in [-0.25, -0.2) is 4.79 Å². The fourth-order valence-corrected chi connectivity index (χ4v) is 4.61. The molecule has 0 saturated carbocycles. The van der Waals surface area contributed by atoms with Crippen molar-refractivity contribution in [2.75, 3.05) is 13.7 Å². The van der Waals surface area contributed by atoms with Crippen LogP contribution in [-0.4, -0.2) is 30.2 Å². The average molecular weight is 499 g/mol. The lowest BCUT2D eigenvalue weighted by Gasteiger charge is -2.12. The van der Waals surface area contributed by atoms with Gasteiger partial charge in [0.05, 0.1) is 23.5 Å². The van der Waals surface area contributed by atoms with Crippen LogP contribution in [0.1, 0.15) is 15.9 Å². The number of carbonyl (C=O) groups is 2. The van der Waals surface area contributed by atoms with Crippen LogP contribution in [0.5, 0.6) is 5.75 Å². The normalized spacial score (nSPS) is 11.1. The predicted molar refractivity (Wildman–Crippen MR) is 141 cm³/mol. The zero-order chi connectivity index (χ0) is 25.2. The van der Waals surface area contributed by atoms with Crippen molar-refractivity contribution in [2.45, 2.75) is 6.54 Å². The van der Waals surface area contributed by atoms with Crippen molar-refractivity contribution in [2.24, 2.45) is 5.73 Å². The second kappa shape index (κ2) is 9.76. The first-order chi connectivity index (χ1) is 17.5. The van der Waals surface area contributed by atoms with Crippen molar-refractivity contribution in [3.63, 3.8) is 0 Å². The van der Waals surface area contributed by atoms with Crippen LogP contribution in [0.4, 0.5) is 0 Å². The number of hydrogen-bond donors (Lipinski definition) is 1. The highest BCUT2D eigenvalue weighted by atomic mass is 35.5. The molecule has 6 nitrogen and oxygen atoms in total. The number of benzene rings is 4. The van der Waals surface area contributed by atoms with Crippen LogP contribution >= 0.6 is 11.6 Å². The Kier molecular flexibility index (Phi) is 6.36. The third kappa shape index (κ3) is 4.39. The summed E-state index contributed by atoms with van der Waals surface area (Å²) in [5.74, 6) is -0.600. The first kappa shape index (κ1) is 23.5. The smallest absolute Gasteiger partial charge is 0.343 e. The van der Waals surface area contributed by atoms with Gasteiger partial charge in [-0.2, -0.15) is 0 Å². The topological polar surface area (TPSA) is 83.6 Å². The van der Waals surface area contributed by atoms with Crippen molar-refractivity contribution < 1.29 is 19.1 Å². The molecule has 0 spiro atoms. The van der Waals surface area contributed by atoms with Crippen molar-refractivity contribution in [3.8, 4) is 16.9 Å². The number of hydrogen-bond acceptors (Lipinski definition) is 4. The van der Waals surface area contributed by atoms with Crippen LogP contribution in [0.2, 0.25) is 5.02 Å². The summed E-state index contributed by atoms with van der Waals surface area (Å²) in [5, 5.41) is 2.02. The Morgan fingerprint density at radius 2 is 1.61 bits per heavy atom. The fraction of sp³-hybridized carbons (Fsp3) is 0.103. The Hall–Kier alpha value is -4.29. The number of methoxy groups -OCH3 is 1. The van der Waals surface area contributed by atoms with Gasteiger partial charge in [-0.1, -0.05) is 60.1 Å². The lowest BCUT2D eigenvalue weighted by atomic mass is 10.0. The summed E-state index contributed by atoms with van der Waals surface area (Å²) < 4.78 is 12.9. The Labute approximate surface area is 212 Å². The van der Waals surface area contributed by atoms with Crippen molar-refractivity contribution >= 4 is 45.3 Å². The molecule has 0 atom stereocenters. The monoisotopic (exact) mass is 498 g/mol. The minimum Gasteiger partial charge on any atom is -0.481 e. The molecule has 0 aliphatic rings. The van der Waals surface area contributed by atoms with E-state index in [2.05, 4.69) is 10.6 Å². The van der Waals surface area contributed by atoms with E-state index in [0.29, 0.717) is 33.7 Å².